The Labute approximate surface area is 104 Å². The first-order valence-corrected chi connectivity index (χ1v) is 5.79. The highest BCUT2D eigenvalue weighted by Crippen LogP contribution is 2.13. The lowest BCUT2D eigenvalue weighted by atomic mass is 10.2. The Bertz CT molecular complexity index is 539. The van der Waals surface area contributed by atoms with E-state index in [4.69, 9.17) is 11.6 Å². The zero-order valence-corrected chi connectivity index (χ0v) is 10.4. The number of alkyl halides is 1. The molecule has 2 heterocycles. The summed E-state index contributed by atoms with van der Waals surface area (Å²) >= 11 is 5.74. The molecule has 1 amide bonds. The van der Waals surface area contributed by atoms with Gasteiger partial charge in [0.05, 0.1) is 23.5 Å². The molecule has 2 rings (SSSR count). The minimum atomic E-state index is -0.0962. The fraction of sp³-hybridized carbons (Fsp3) is 0.364. The lowest BCUT2D eigenvalue weighted by Gasteiger charge is -2.22. The van der Waals surface area contributed by atoms with E-state index >= 15 is 0 Å². The number of halogens is 1. The quantitative estimate of drug-likeness (QED) is 0.777. The van der Waals surface area contributed by atoms with Gasteiger partial charge in [-0.1, -0.05) is 0 Å². The number of rotatable bonds is 3. The van der Waals surface area contributed by atoms with E-state index in [0.29, 0.717) is 17.0 Å². The average molecular weight is 253 g/mol. The van der Waals surface area contributed by atoms with Crippen molar-refractivity contribution in [2.45, 2.75) is 13.0 Å². The van der Waals surface area contributed by atoms with Crippen molar-refractivity contribution in [1.29, 1.82) is 0 Å². The van der Waals surface area contributed by atoms with Crippen molar-refractivity contribution in [2.75, 3.05) is 12.9 Å². The highest BCUT2D eigenvalue weighted by Gasteiger charge is 2.20. The SMILES string of the molecule is CC(CCl)N(C)C(=O)c1cnn2ccncc12. The van der Waals surface area contributed by atoms with Crippen LogP contribution in [0.5, 0.6) is 0 Å². The van der Waals surface area contributed by atoms with Gasteiger partial charge in [0, 0.05) is 31.4 Å². The molecule has 0 fully saturated rings. The van der Waals surface area contributed by atoms with Gasteiger partial charge in [-0.3, -0.25) is 9.78 Å². The third-order valence-corrected chi connectivity index (χ3v) is 3.21. The molecule has 0 N–H and O–H groups in total. The van der Waals surface area contributed by atoms with Crippen LogP contribution >= 0.6 is 11.6 Å². The topological polar surface area (TPSA) is 50.5 Å². The Morgan fingerprint density at radius 2 is 2.35 bits per heavy atom. The molecule has 0 radical (unpaired) electrons. The first-order valence-electron chi connectivity index (χ1n) is 5.25. The summed E-state index contributed by atoms with van der Waals surface area (Å²) in [4.78, 5) is 17.8. The minimum absolute atomic E-state index is 0.0178. The van der Waals surface area contributed by atoms with Crippen LogP contribution in [-0.4, -0.2) is 44.4 Å². The Kier molecular flexibility index (Phi) is 3.28. The first kappa shape index (κ1) is 11.9. The van der Waals surface area contributed by atoms with E-state index in [-0.39, 0.29) is 11.9 Å². The summed E-state index contributed by atoms with van der Waals surface area (Å²) in [6, 6.07) is -0.0178. The van der Waals surface area contributed by atoms with Gasteiger partial charge in [-0.15, -0.1) is 11.6 Å². The maximum atomic E-state index is 12.2. The number of hydrogen-bond donors (Lipinski definition) is 0. The maximum absolute atomic E-state index is 12.2. The molecule has 0 aliphatic heterocycles. The minimum Gasteiger partial charge on any atom is -0.338 e. The third kappa shape index (κ3) is 2.10. The van der Waals surface area contributed by atoms with Crippen LogP contribution in [0.1, 0.15) is 17.3 Å². The maximum Gasteiger partial charge on any atom is 0.257 e. The normalized spacial score (nSPS) is 12.6. The largest absolute Gasteiger partial charge is 0.338 e. The second-order valence-corrected chi connectivity index (χ2v) is 4.19. The highest BCUT2D eigenvalue weighted by molar-refractivity contribution is 6.18. The molecule has 2 aromatic heterocycles. The summed E-state index contributed by atoms with van der Waals surface area (Å²) in [5.74, 6) is 0.306. The van der Waals surface area contributed by atoms with Crippen LogP contribution in [0.2, 0.25) is 0 Å². The van der Waals surface area contributed by atoms with Crippen molar-refractivity contribution in [1.82, 2.24) is 19.5 Å². The molecule has 6 heteroatoms. The van der Waals surface area contributed by atoms with Gasteiger partial charge in [-0.2, -0.15) is 5.10 Å². The van der Waals surface area contributed by atoms with Crippen LogP contribution in [0.15, 0.2) is 24.8 Å². The van der Waals surface area contributed by atoms with Crippen molar-refractivity contribution in [3.05, 3.63) is 30.4 Å². The number of carbonyl (C=O) groups is 1. The van der Waals surface area contributed by atoms with Gasteiger partial charge in [0.1, 0.15) is 0 Å². The van der Waals surface area contributed by atoms with Crippen molar-refractivity contribution >= 4 is 23.0 Å². The molecule has 0 saturated heterocycles. The zero-order chi connectivity index (χ0) is 12.4. The van der Waals surface area contributed by atoms with E-state index < -0.39 is 0 Å². The van der Waals surface area contributed by atoms with Crippen LogP contribution in [-0.2, 0) is 0 Å². The van der Waals surface area contributed by atoms with Gasteiger partial charge in [-0.05, 0) is 6.92 Å². The molecular weight excluding hydrogens is 240 g/mol. The van der Waals surface area contributed by atoms with Crippen LogP contribution in [0.3, 0.4) is 0 Å². The van der Waals surface area contributed by atoms with Gasteiger partial charge < -0.3 is 4.90 Å². The van der Waals surface area contributed by atoms with Crippen molar-refractivity contribution in [2.24, 2.45) is 0 Å². The number of fused-ring (bicyclic) bond motifs is 1. The second-order valence-electron chi connectivity index (χ2n) is 3.88. The van der Waals surface area contributed by atoms with Gasteiger partial charge in [-0.25, -0.2) is 4.52 Å². The molecule has 90 valence electrons. The number of amides is 1. The molecule has 1 unspecified atom stereocenters. The summed E-state index contributed by atoms with van der Waals surface area (Å²) < 4.78 is 1.62. The van der Waals surface area contributed by atoms with E-state index in [0.717, 1.165) is 0 Å². The standard InChI is InChI=1S/C11H13ClN4O/c1-8(5-12)15(2)11(17)9-6-14-16-4-3-13-7-10(9)16/h3-4,6-8H,5H2,1-2H3. The molecular formula is C11H13ClN4O. The Balaban J connectivity index is 2.37. The van der Waals surface area contributed by atoms with Crippen molar-refractivity contribution < 1.29 is 4.79 Å². The van der Waals surface area contributed by atoms with E-state index in [1.807, 2.05) is 6.92 Å². The van der Waals surface area contributed by atoms with Crippen LogP contribution < -0.4 is 0 Å². The zero-order valence-electron chi connectivity index (χ0n) is 9.67. The molecule has 2 aromatic rings. The summed E-state index contributed by atoms with van der Waals surface area (Å²) in [6.07, 6.45) is 6.51. The average Bonchev–Trinajstić information content (AvgIpc) is 2.79. The summed E-state index contributed by atoms with van der Waals surface area (Å²) in [6.45, 7) is 1.90. The van der Waals surface area contributed by atoms with Crippen LogP contribution in [0, 0.1) is 0 Å². The lowest BCUT2D eigenvalue weighted by Crippen LogP contribution is -2.36. The van der Waals surface area contributed by atoms with Crippen LogP contribution in [0.4, 0.5) is 0 Å². The molecule has 0 aliphatic rings. The fourth-order valence-corrected chi connectivity index (χ4v) is 1.70. The van der Waals surface area contributed by atoms with Crippen LogP contribution in [0.25, 0.3) is 5.52 Å². The van der Waals surface area contributed by atoms with Gasteiger partial charge >= 0.3 is 0 Å². The molecule has 1 atom stereocenters. The first-order chi connectivity index (χ1) is 8.15. The van der Waals surface area contributed by atoms with Gasteiger partial charge in [0.25, 0.3) is 5.91 Å². The number of nitrogens with zero attached hydrogens (tertiary/aromatic N) is 4. The smallest absolute Gasteiger partial charge is 0.257 e. The Hall–Kier alpha value is -1.62. The molecule has 0 bridgehead atoms. The molecule has 17 heavy (non-hydrogen) atoms. The van der Waals surface area contributed by atoms with E-state index in [9.17, 15) is 4.79 Å². The summed E-state index contributed by atoms with van der Waals surface area (Å²) in [5.41, 5.74) is 1.24. The predicted molar refractivity (Wildman–Crippen MR) is 65.3 cm³/mol. The molecule has 0 aromatic carbocycles. The number of aromatic nitrogens is 3. The van der Waals surface area contributed by atoms with Gasteiger partial charge in [0.15, 0.2) is 0 Å². The highest BCUT2D eigenvalue weighted by atomic mass is 35.5. The monoisotopic (exact) mass is 252 g/mol. The Morgan fingerprint density at radius 1 is 1.59 bits per heavy atom. The number of carbonyl (C=O) groups excluding carboxylic acids is 1. The van der Waals surface area contributed by atoms with E-state index in [2.05, 4.69) is 10.1 Å². The number of hydrogen-bond acceptors (Lipinski definition) is 3. The van der Waals surface area contributed by atoms with E-state index in [1.54, 1.807) is 41.3 Å². The third-order valence-electron chi connectivity index (χ3n) is 2.76. The summed E-state index contributed by atoms with van der Waals surface area (Å²) in [5, 5.41) is 4.10. The Morgan fingerprint density at radius 3 is 3.06 bits per heavy atom. The second kappa shape index (κ2) is 4.71. The van der Waals surface area contributed by atoms with Gasteiger partial charge in [0.2, 0.25) is 0 Å². The van der Waals surface area contributed by atoms with Crippen molar-refractivity contribution in [3.63, 3.8) is 0 Å². The lowest BCUT2D eigenvalue weighted by molar-refractivity contribution is 0.0758. The molecule has 0 aliphatic carbocycles. The summed E-state index contributed by atoms with van der Waals surface area (Å²) in [7, 11) is 1.73. The fourth-order valence-electron chi connectivity index (χ4n) is 1.49. The van der Waals surface area contributed by atoms with Crippen molar-refractivity contribution in [3.8, 4) is 0 Å². The molecule has 5 nitrogen and oxygen atoms in total. The van der Waals surface area contributed by atoms with E-state index in [1.165, 1.54) is 0 Å². The molecule has 0 saturated carbocycles. The molecule has 0 spiro atoms. The predicted octanol–water partition coefficient (Wildman–Crippen LogP) is 1.43.